The second-order valence-electron chi connectivity index (χ2n) is 2.08. The Hall–Kier alpha value is 0.450. The molecule has 0 aromatic rings. The molecule has 1 rings (SSSR count). The molecule has 1 heterocycles. The van der Waals surface area contributed by atoms with Crippen molar-refractivity contribution >= 4 is 39.6 Å². The summed E-state index contributed by atoms with van der Waals surface area (Å²) in [6.45, 7) is 2.40. The smallest absolute Gasteiger partial charge is 0.315 e. The summed E-state index contributed by atoms with van der Waals surface area (Å²) >= 11 is 7.50. The zero-order chi connectivity index (χ0) is 7.56. The van der Waals surface area contributed by atoms with E-state index in [0.717, 1.165) is 19.6 Å². The van der Waals surface area contributed by atoms with Crippen LogP contribution in [-0.4, -0.2) is 33.9 Å². The van der Waals surface area contributed by atoms with Crippen LogP contribution in [0.25, 0.3) is 0 Å². The first-order valence-corrected chi connectivity index (χ1v) is 4.65. The predicted molar refractivity (Wildman–Crippen MR) is 48.6 cm³/mol. The van der Waals surface area contributed by atoms with E-state index >= 15 is 0 Å². The molecule has 3 nitrogen and oxygen atoms in total. The van der Waals surface area contributed by atoms with E-state index in [1.54, 1.807) is 4.90 Å². The van der Waals surface area contributed by atoms with Crippen LogP contribution in [0.4, 0.5) is 4.79 Å². The van der Waals surface area contributed by atoms with Crippen molar-refractivity contribution in [1.82, 2.24) is 10.2 Å². The lowest BCUT2D eigenvalue weighted by molar-refractivity contribution is 0.210. The average Bonchev–Trinajstić information content (AvgIpc) is 1.88. The third kappa shape index (κ3) is 1.96. The number of carbonyl (C=O) groups is 1. The van der Waals surface area contributed by atoms with E-state index in [-0.39, 0.29) is 9.41 Å². The molecule has 1 aliphatic heterocycles. The second-order valence-corrected chi connectivity index (χ2v) is 3.85. The highest BCUT2D eigenvalue weighted by Crippen LogP contribution is 2.12. The Kier molecular flexibility index (Phi) is 3.19. The standard InChI is InChI=1S/C5H8ClIN2O/c6-5(10)9-2-1-8-3-4(9)7/h4,8H,1-3H2. The monoisotopic (exact) mass is 274 g/mol. The van der Waals surface area contributed by atoms with E-state index in [9.17, 15) is 4.79 Å². The molecule has 0 aromatic heterocycles. The van der Waals surface area contributed by atoms with Gasteiger partial charge in [-0.25, -0.2) is 0 Å². The number of halogens is 2. The summed E-state index contributed by atoms with van der Waals surface area (Å²) in [5, 5.41) is 2.81. The number of amides is 1. The number of rotatable bonds is 0. The van der Waals surface area contributed by atoms with Crippen LogP contribution in [-0.2, 0) is 0 Å². The van der Waals surface area contributed by atoms with Gasteiger partial charge in [0.05, 0.1) is 4.05 Å². The maximum absolute atomic E-state index is 10.7. The van der Waals surface area contributed by atoms with Crippen LogP contribution in [0.3, 0.4) is 0 Å². The molecule has 0 aromatic carbocycles. The molecule has 0 spiro atoms. The van der Waals surface area contributed by atoms with Gasteiger partial charge in [-0.05, 0) is 11.6 Å². The predicted octanol–water partition coefficient (Wildman–Crippen LogP) is 1.01. The Labute approximate surface area is 78.2 Å². The van der Waals surface area contributed by atoms with Gasteiger partial charge in [-0.15, -0.1) is 0 Å². The van der Waals surface area contributed by atoms with Crippen LogP contribution < -0.4 is 5.32 Å². The van der Waals surface area contributed by atoms with Crippen molar-refractivity contribution in [2.24, 2.45) is 0 Å². The van der Waals surface area contributed by atoms with E-state index in [1.165, 1.54) is 0 Å². The number of nitrogens with zero attached hydrogens (tertiary/aromatic N) is 1. The number of carbonyl (C=O) groups excluding carboxylic acids is 1. The van der Waals surface area contributed by atoms with Crippen molar-refractivity contribution in [2.75, 3.05) is 19.6 Å². The number of nitrogens with one attached hydrogen (secondary N) is 1. The zero-order valence-electron chi connectivity index (χ0n) is 5.31. The van der Waals surface area contributed by atoms with Gasteiger partial charge in [-0.1, -0.05) is 22.6 Å². The van der Waals surface area contributed by atoms with Gasteiger partial charge >= 0.3 is 5.37 Å². The molecule has 1 amide bonds. The minimum absolute atomic E-state index is 0.205. The van der Waals surface area contributed by atoms with Crippen molar-refractivity contribution in [3.05, 3.63) is 0 Å². The maximum atomic E-state index is 10.7. The highest BCUT2D eigenvalue weighted by molar-refractivity contribution is 14.1. The molecular weight excluding hydrogens is 266 g/mol. The maximum Gasteiger partial charge on any atom is 0.317 e. The molecule has 1 saturated heterocycles. The Bertz CT molecular complexity index is 144. The fourth-order valence-electron chi connectivity index (χ4n) is 0.869. The summed E-state index contributed by atoms with van der Waals surface area (Å²) in [4.78, 5) is 12.3. The summed E-state index contributed by atoms with van der Waals surface area (Å²) in [6, 6.07) is 0. The minimum Gasteiger partial charge on any atom is -0.315 e. The van der Waals surface area contributed by atoms with Gasteiger partial charge in [0.2, 0.25) is 0 Å². The van der Waals surface area contributed by atoms with E-state index in [0.29, 0.717) is 0 Å². The molecule has 1 aliphatic rings. The number of piperazine rings is 1. The van der Waals surface area contributed by atoms with E-state index in [2.05, 4.69) is 27.9 Å². The highest BCUT2D eigenvalue weighted by Gasteiger charge is 2.22. The van der Waals surface area contributed by atoms with Crippen LogP contribution in [0, 0.1) is 0 Å². The molecule has 1 fully saturated rings. The molecular formula is C5H8ClIN2O. The lowest BCUT2D eigenvalue weighted by atomic mass is 10.4. The molecule has 1 unspecified atom stereocenters. The summed E-state index contributed by atoms with van der Waals surface area (Å²) < 4.78 is 0.205. The van der Waals surface area contributed by atoms with Crippen LogP contribution in [0.1, 0.15) is 0 Å². The van der Waals surface area contributed by atoms with Gasteiger partial charge in [0.25, 0.3) is 0 Å². The highest BCUT2D eigenvalue weighted by atomic mass is 127. The van der Waals surface area contributed by atoms with Gasteiger partial charge in [-0.3, -0.25) is 4.79 Å². The molecule has 0 bridgehead atoms. The van der Waals surface area contributed by atoms with Crippen LogP contribution in [0.2, 0.25) is 0 Å². The molecule has 10 heavy (non-hydrogen) atoms. The minimum atomic E-state index is -0.346. The average molecular weight is 274 g/mol. The quantitative estimate of drug-likeness (QED) is 0.309. The topological polar surface area (TPSA) is 32.3 Å². The van der Waals surface area contributed by atoms with E-state index < -0.39 is 0 Å². The largest absolute Gasteiger partial charge is 0.317 e. The fourth-order valence-corrected chi connectivity index (χ4v) is 2.08. The van der Waals surface area contributed by atoms with E-state index in [1.807, 2.05) is 0 Å². The van der Waals surface area contributed by atoms with Crippen LogP contribution in [0.15, 0.2) is 0 Å². The SMILES string of the molecule is O=C(Cl)N1CCNCC1I. The number of hydrogen-bond donors (Lipinski definition) is 1. The summed E-state index contributed by atoms with van der Waals surface area (Å²) in [6.07, 6.45) is 0. The summed E-state index contributed by atoms with van der Waals surface area (Å²) in [5.41, 5.74) is 0. The fraction of sp³-hybridized carbons (Fsp3) is 0.800. The normalized spacial score (nSPS) is 26.6. The van der Waals surface area contributed by atoms with Crippen molar-refractivity contribution in [3.8, 4) is 0 Å². The van der Waals surface area contributed by atoms with Gasteiger partial charge in [0.1, 0.15) is 0 Å². The van der Waals surface area contributed by atoms with Crippen molar-refractivity contribution < 1.29 is 4.79 Å². The van der Waals surface area contributed by atoms with Crippen molar-refractivity contribution in [1.29, 1.82) is 0 Å². The first-order chi connectivity index (χ1) is 4.72. The Balaban J connectivity index is 2.47. The van der Waals surface area contributed by atoms with E-state index in [4.69, 9.17) is 11.6 Å². The molecule has 0 radical (unpaired) electrons. The van der Waals surface area contributed by atoms with Gasteiger partial charge in [-0.2, -0.15) is 0 Å². The number of hydrogen-bond acceptors (Lipinski definition) is 2. The third-order valence-corrected chi connectivity index (χ3v) is 2.74. The Morgan fingerprint density at radius 1 is 1.80 bits per heavy atom. The molecule has 5 heteroatoms. The molecule has 1 atom stereocenters. The Morgan fingerprint density at radius 2 is 2.50 bits per heavy atom. The molecule has 58 valence electrons. The summed E-state index contributed by atoms with van der Waals surface area (Å²) in [5.74, 6) is 0. The van der Waals surface area contributed by atoms with Crippen LogP contribution >= 0.6 is 34.2 Å². The molecule has 0 saturated carbocycles. The van der Waals surface area contributed by atoms with Crippen LogP contribution in [0.5, 0.6) is 0 Å². The lowest BCUT2D eigenvalue weighted by Crippen LogP contribution is -2.49. The Morgan fingerprint density at radius 3 is 2.90 bits per heavy atom. The van der Waals surface area contributed by atoms with Gasteiger partial charge in [0, 0.05) is 19.6 Å². The first-order valence-electron chi connectivity index (χ1n) is 3.02. The molecule has 0 aliphatic carbocycles. The van der Waals surface area contributed by atoms with Crippen molar-refractivity contribution in [3.63, 3.8) is 0 Å². The lowest BCUT2D eigenvalue weighted by Gasteiger charge is -2.30. The third-order valence-electron chi connectivity index (χ3n) is 1.41. The molecule has 1 N–H and O–H groups in total. The number of alkyl halides is 1. The van der Waals surface area contributed by atoms with Gasteiger partial charge < -0.3 is 10.2 Å². The summed E-state index contributed by atoms with van der Waals surface area (Å²) in [7, 11) is 0. The second kappa shape index (κ2) is 3.73. The van der Waals surface area contributed by atoms with Gasteiger partial charge in [0.15, 0.2) is 0 Å². The zero-order valence-corrected chi connectivity index (χ0v) is 8.22. The first kappa shape index (κ1) is 8.55. The van der Waals surface area contributed by atoms with Crippen molar-refractivity contribution in [2.45, 2.75) is 4.05 Å².